The highest BCUT2D eigenvalue weighted by molar-refractivity contribution is 7.22. The molecule has 1 aliphatic rings. The molecule has 0 spiro atoms. The van der Waals surface area contributed by atoms with E-state index in [0.717, 1.165) is 41.0 Å². The number of carbonyl (C=O) groups is 1. The number of aryl methyl sites for hydroxylation is 1. The van der Waals surface area contributed by atoms with Crippen LogP contribution in [-0.4, -0.2) is 83.6 Å². The van der Waals surface area contributed by atoms with Gasteiger partial charge in [0, 0.05) is 32.3 Å². The molecule has 9 nitrogen and oxygen atoms in total. The number of ether oxygens (including phenoxy) is 5. The number of fused-ring (bicyclic) bond motifs is 1. The number of methoxy groups -OCH3 is 4. The van der Waals surface area contributed by atoms with Crippen LogP contribution < -0.4 is 23.8 Å². The zero-order chi connectivity index (χ0) is 26.4. The fourth-order valence-electron chi connectivity index (χ4n) is 4.20. The summed E-state index contributed by atoms with van der Waals surface area (Å²) in [4.78, 5) is 22.4. The Labute approximate surface area is 221 Å². The van der Waals surface area contributed by atoms with Gasteiger partial charge in [-0.25, -0.2) is 4.98 Å². The molecule has 1 fully saturated rings. The molecule has 1 aliphatic heterocycles. The number of thiazole rings is 1. The molecule has 37 heavy (non-hydrogen) atoms. The van der Waals surface area contributed by atoms with Gasteiger partial charge in [-0.1, -0.05) is 17.4 Å². The van der Waals surface area contributed by atoms with Crippen LogP contribution in [0.1, 0.15) is 11.1 Å². The fraction of sp³-hybridized carbons (Fsp3) is 0.407. The number of anilines is 1. The maximum absolute atomic E-state index is 13.6. The summed E-state index contributed by atoms with van der Waals surface area (Å²) in [5, 5.41) is 0.635. The Bertz CT molecular complexity index is 1240. The molecule has 0 bridgehead atoms. The third-order valence-electron chi connectivity index (χ3n) is 6.26. The number of amides is 1. The highest BCUT2D eigenvalue weighted by atomic mass is 32.1. The summed E-state index contributed by atoms with van der Waals surface area (Å²) in [7, 11) is 6.31. The van der Waals surface area contributed by atoms with Crippen LogP contribution >= 0.6 is 11.3 Å². The van der Waals surface area contributed by atoms with Gasteiger partial charge in [0.1, 0.15) is 11.3 Å². The van der Waals surface area contributed by atoms with Crippen LogP contribution in [0.15, 0.2) is 30.3 Å². The van der Waals surface area contributed by atoms with E-state index in [1.165, 1.54) is 11.3 Å². The number of hydrogen-bond acceptors (Lipinski definition) is 9. The van der Waals surface area contributed by atoms with Gasteiger partial charge in [0.25, 0.3) is 5.91 Å². The number of rotatable bonds is 10. The normalized spacial score (nSPS) is 14.2. The lowest BCUT2D eigenvalue weighted by molar-refractivity contribution is -0.114. The quantitative estimate of drug-likeness (QED) is 0.366. The highest BCUT2D eigenvalue weighted by Crippen LogP contribution is 2.39. The molecule has 2 heterocycles. The maximum Gasteiger partial charge on any atom is 0.252 e. The predicted molar refractivity (Wildman–Crippen MR) is 146 cm³/mol. The van der Waals surface area contributed by atoms with Gasteiger partial charge in [0.2, 0.25) is 5.75 Å². The monoisotopic (exact) mass is 527 g/mol. The van der Waals surface area contributed by atoms with Crippen molar-refractivity contribution in [3.05, 3.63) is 41.5 Å². The minimum absolute atomic E-state index is 0.169. The van der Waals surface area contributed by atoms with Crippen LogP contribution in [0.25, 0.3) is 16.3 Å². The smallest absolute Gasteiger partial charge is 0.252 e. The molecule has 1 aromatic heterocycles. The van der Waals surface area contributed by atoms with Crippen molar-refractivity contribution in [2.24, 2.45) is 0 Å². The van der Waals surface area contributed by atoms with Crippen molar-refractivity contribution in [2.75, 3.05) is 72.7 Å². The van der Waals surface area contributed by atoms with Crippen molar-refractivity contribution in [1.29, 1.82) is 0 Å². The molecular weight excluding hydrogens is 494 g/mol. The van der Waals surface area contributed by atoms with Crippen molar-refractivity contribution in [1.82, 2.24) is 9.88 Å². The maximum atomic E-state index is 13.6. The summed E-state index contributed by atoms with van der Waals surface area (Å²) < 4.78 is 28.3. The SMILES string of the molecule is COc1cc(/C=C/C(=O)N(CCN2CCOCC2)c2nc3c(OC)ccc(C)c3s2)cc(OC)c1OC. The first-order chi connectivity index (χ1) is 18.0. The van der Waals surface area contributed by atoms with Crippen LogP contribution in [0, 0.1) is 6.92 Å². The van der Waals surface area contributed by atoms with Crippen LogP contribution in [0.3, 0.4) is 0 Å². The predicted octanol–water partition coefficient (Wildman–Crippen LogP) is 4.02. The summed E-state index contributed by atoms with van der Waals surface area (Å²) in [6.07, 6.45) is 3.30. The van der Waals surface area contributed by atoms with Crippen molar-refractivity contribution in [3.8, 4) is 23.0 Å². The minimum Gasteiger partial charge on any atom is -0.494 e. The van der Waals surface area contributed by atoms with E-state index in [2.05, 4.69) is 4.90 Å². The zero-order valence-corrected chi connectivity index (χ0v) is 22.7. The van der Waals surface area contributed by atoms with Crippen molar-refractivity contribution < 1.29 is 28.5 Å². The summed E-state index contributed by atoms with van der Waals surface area (Å²) in [6, 6.07) is 7.52. The Morgan fingerprint density at radius 2 is 1.73 bits per heavy atom. The minimum atomic E-state index is -0.169. The van der Waals surface area contributed by atoms with E-state index in [-0.39, 0.29) is 5.91 Å². The largest absolute Gasteiger partial charge is 0.494 e. The third kappa shape index (κ3) is 5.98. The van der Waals surface area contributed by atoms with Gasteiger partial charge in [-0.15, -0.1) is 0 Å². The molecule has 0 unspecified atom stereocenters. The number of benzene rings is 2. The first-order valence-corrected chi connectivity index (χ1v) is 12.8. The first kappa shape index (κ1) is 26.7. The second-order valence-electron chi connectivity index (χ2n) is 8.49. The molecule has 0 N–H and O–H groups in total. The summed E-state index contributed by atoms with van der Waals surface area (Å²) in [6.45, 7) is 6.35. The van der Waals surface area contributed by atoms with E-state index in [0.29, 0.717) is 47.9 Å². The Kier molecular flexibility index (Phi) is 8.86. The van der Waals surface area contributed by atoms with Crippen molar-refractivity contribution in [3.63, 3.8) is 0 Å². The molecule has 0 radical (unpaired) electrons. The molecule has 0 saturated carbocycles. The second-order valence-corrected chi connectivity index (χ2v) is 9.47. The topological polar surface area (TPSA) is 82.6 Å². The molecular formula is C27H33N3O6S. The molecule has 1 saturated heterocycles. The van der Waals surface area contributed by atoms with Gasteiger partial charge in [-0.3, -0.25) is 14.6 Å². The second kappa shape index (κ2) is 12.3. The van der Waals surface area contributed by atoms with Crippen LogP contribution in [0.5, 0.6) is 23.0 Å². The number of carbonyl (C=O) groups excluding carboxylic acids is 1. The lowest BCUT2D eigenvalue weighted by Crippen LogP contribution is -2.42. The van der Waals surface area contributed by atoms with Crippen molar-refractivity contribution in [2.45, 2.75) is 6.92 Å². The summed E-state index contributed by atoms with van der Waals surface area (Å²) >= 11 is 1.50. The Hall–Kier alpha value is -3.34. The summed E-state index contributed by atoms with van der Waals surface area (Å²) in [5.41, 5.74) is 2.60. The van der Waals surface area contributed by atoms with Gasteiger partial charge >= 0.3 is 0 Å². The van der Waals surface area contributed by atoms with E-state index in [1.807, 2.05) is 19.1 Å². The standard InChI is InChI=1S/C27H33N3O6S/c1-18-6-8-20(32-2)24-26(18)37-27(28-24)30(11-10-29-12-14-36-15-13-29)23(31)9-7-19-16-21(33-3)25(35-5)22(17-19)34-4/h6-9,16-17H,10-15H2,1-5H3/b9-7+. The Morgan fingerprint density at radius 3 is 2.35 bits per heavy atom. The number of hydrogen-bond donors (Lipinski definition) is 0. The van der Waals surface area contributed by atoms with Gasteiger partial charge in [0.05, 0.1) is 46.4 Å². The Balaban J connectivity index is 1.65. The average molecular weight is 528 g/mol. The van der Waals surface area contributed by atoms with Gasteiger partial charge in [0.15, 0.2) is 16.6 Å². The fourth-order valence-corrected chi connectivity index (χ4v) is 5.28. The van der Waals surface area contributed by atoms with E-state index in [9.17, 15) is 4.79 Å². The lowest BCUT2D eigenvalue weighted by atomic mass is 10.1. The van der Waals surface area contributed by atoms with Gasteiger partial charge < -0.3 is 23.7 Å². The number of morpholine rings is 1. The van der Waals surface area contributed by atoms with Crippen LogP contribution in [-0.2, 0) is 9.53 Å². The zero-order valence-electron chi connectivity index (χ0n) is 21.9. The number of nitrogens with zero attached hydrogens (tertiary/aromatic N) is 3. The van der Waals surface area contributed by atoms with Crippen LogP contribution in [0.2, 0.25) is 0 Å². The van der Waals surface area contributed by atoms with E-state index >= 15 is 0 Å². The van der Waals surface area contributed by atoms with Crippen LogP contribution in [0.4, 0.5) is 5.13 Å². The molecule has 10 heteroatoms. The molecule has 3 aromatic rings. The van der Waals surface area contributed by atoms with Crippen molar-refractivity contribution >= 4 is 38.7 Å². The first-order valence-electron chi connectivity index (χ1n) is 12.0. The molecule has 0 atom stereocenters. The molecule has 0 aliphatic carbocycles. The molecule has 4 rings (SSSR count). The highest BCUT2D eigenvalue weighted by Gasteiger charge is 2.22. The van der Waals surface area contributed by atoms with Gasteiger partial charge in [-0.2, -0.15) is 0 Å². The van der Waals surface area contributed by atoms with E-state index in [4.69, 9.17) is 28.7 Å². The molecule has 198 valence electrons. The average Bonchev–Trinajstić information content (AvgIpc) is 3.38. The molecule has 2 aromatic carbocycles. The lowest BCUT2D eigenvalue weighted by Gasteiger charge is -2.28. The number of aromatic nitrogens is 1. The van der Waals surface area contributed by atoms with Gasteiger partial charge in [-0.05, 0) is 42.3 Å². The third-order valence-corrected chi connectivity index (χ3v) is 7.47. The van der Waals surface area contributed by atoms with E-state index < -0.39 is 0 Å². The van der Waals surface area contributed by atoms with E-state index in [1.54, 1.807) is 57.6 Å². The Morgan fingerprint density at radius 1 is 1.05 bits per heavy atom. The summed E-state index contributed by atoms with van der Waals surface area (Å²) in [5.74, 6) is 2.06. The molecule has 1 amide bonds.